The molecule has 5 heteroatoms. The van der Waals surface area contributed by atoms with Gasteiger partial charge in [0.15, 0.2) is 0 Å². The molecule has 54 heavy (non-hydrogen) atoms. The van der Waals surface area contributed by atoms with Gasteiger partial charge in [-0.05, 0) is 71.8 Å². The Kier molecular flexibility index (Phi) is 6.79. The summed E-state index contributed by atoms with van der Waals surface area (Å²) in [5, 5.41) is 4.84. The Labute approximate surface area is 311 Å². The first kappa shape index (κ1) is 30.3. The van der Waals surface area contributed by atoms with Gasteiger partial charge in [0.25, 0.3) is 0 Å². The molecule has 0 aliphatic heterocycles. The summed E-state index contributed by atoms with van der Waals surface area (Å²) in [5.74, 6) is 0.826. The molecule has 11 rings (SSSR count). The first-order valence-electron chi connectivity index (χ1n) is 18.2. The van der Waals surface area contributed by atoms with Crippen molar-refractivity contribution in [1.29, 1.82) is 0 Å². The van der Waals surface area contributed by atoms with Crippen molar-refractivity contribution in [2.24, 2.45) is 0 Å². The highest BCUT2D eigenvalue weighted by molar-refractivity contribution is 6.28. The number of benzene rings is 7. The Morgan fingerprint density at radius 1 is 0.315 bits per heavy atom. The van der Waals surface area contributed by atoms with Crippen molar-refractivity contribution in [2.45, 2.75) is 0 Å². The van der Waals surface area contributed by atoms with E-state index in [2.05, 4.69) is 149 Å². The minimum atomic E-state index is 0.756. The Bertz CT molecular complexity index is 3200. The first-order valence-corrected chi connectivity index (χ1v) is 18.2. The summed E-state index contributed by atoms with van der Waals surface area (Å²) >= 11 is 0. The van der Waals surface area contributed by atoms with Crippen LogP contribution in [0.5, 0.6) is 0 Å². The maximum atomic E-state index is 5.36. The Balaban J connectivity index is 1.14. The molecule has 0 N–H and O–H groups in total. The van der Waals surface area contributed by atoms with E-state index < -0.39 is 0 Å². The predicted molar refractivity (Wildman–Crippen MR) is 222 cm³/mol. The van der Waals surface area contributed by atoms with Gasteiger partial charge in [-0.1, -0.05) is 127 Å². The van der Waals surface area contributed by atoms with Crippen LogP contribution in [0.1, 0.15) is 0 Å². The highest BCUT2D eigenvalue weighted by Gasteiger charge is 2.22. The maximum Gasteiger partial charge on any atom is 0.138 e. The van der Waals surface area contributed by atoms with Gasteiger partial charge < -0.3 is 4.57 Å². The number of pyridine rings is 1. The normalized spacial score (nSPS) is 11.7. The van der Waals surface area contributed by atoms with Crippen molar-refractivity contribution in [2.75, 3.05) is 0 Å². The summed E-state index contributed by atoms with van der Waals surface area (Å²) in [5.41, 5.74) is 13.1. The second kappa shape index (κ2) is 12.1. The molecule has 0 atom stereocenters. The average Bonchev–Trinajstić information content (AvgIpc) is 3.77. The van der Waals surface area contributed by atoms with E-state index in [1.165, 1.54) is 43.7 Å². The molecule has 4 aromatic heterocycles. The number of aromatic nitrogens is 5. The molecule has 0 radical (unpaired) electrons. The minimum Gasteiger partial charge on any atom is -0.309 e. The first-order chi connectivity index (χ1) is 26.8. The molecule has 0 amide bonds. The number of para-hydroxylation sites is 4. The highest BCUT2D eigenvalue weighted by atomic mass is 15.1. The molecule has 0 saturated heterocycles. The predicted octanol–water partition coefficient (Wildman–Crippen LogP) is 12.2. The quantitative estimate of drug-likeness (QED) is 0.181. The van der Waals surface area contributed by atoms with Crippen LogP contribution in [-0.2, 0) is 0 Å². The van der Waals surface area contributed by atoms with Gasteiger partial charge in [-0.25, -0.2) is 15.0 Å². The summed E-state index contributed by atoms with van der Waals surface area (Å²) in [6.45, 7) is 0. The fourth-order valence-corrected chi connectivity index (χ4v) is 8.13. The maximum absolute atomic E-state index is 5.36. The number of hydrogen-bond donors (Lipinski definition) is 0. The Hall–Kier alpha value is -7.37. The lowest BCUT2D eigenvalue weighted by atomic mass is 10.1. The van der Waals surface area contributed by atoms with Gasteiger partial charge in [-0.15, -0.1) is 0 Å². The van der Waals surface area contributed by atoms with Gasteiger partial charge >= 0.3 is 0 Å². The van der Waals surface area contributed by atoms with Crippen LogP contribution < -0.4 is 0 Å². The topological polar surface area (TPSA) is 48.5 Å². The van der Waals surface area contributed by atoms with Crippen LogP contribution in [0.2, 0.25) is 0 Å². The zero-order valence-corrected chi connectivity index (χ0v) is 29.1. The summed E-state index contributed by atoms with van der Waals surface area (Å²) in [6, 6.07) is 65.9. The SMILES string of the molecule is c1ccc(-c2ccc(-n3c4ccccc4c4c5c6ccccc6n(-c6cccc(-c7nc8ccccc8nc7-c7ccccc7)n6)c5ccc43)cc2)cc1. The van der Waals surface area contributed by atoms with Crippen molar-refractivity contribution < 1.29 is 0 Å². The number of fused-ring (bicyclic) bond motifs is 8. The van der Waals surface area contributed by atoms with Crippen LogP contribution in [0.3, 0.4) is 0 Å². The largest absolute Gasteiger partial charge is 0.309 e. The van der Waals surface area contributed by atoms with Gasteiger partial charge in [0.05, 0.1) is 44.5 Å². The van der Waals surface area contributed by atoms with Gasteiger partial charge in [-0.2, -0.15) is 0 Å². The molecular weight excluding hydrogens is 659 g/mol. The van der Waals surface area contributed by atoms with E-state index in [-0.39, 0.29) is 0 Å². The fourth-order valence-electron chi connectivity index (χ4n) is 8.13. The van der Waals surface area contributed by atoms with E-state index in [0.717, 1.165) is 56.2 Å². The van der Waals surface area contributed by atoms with E-state index in [0.29, 0.717) is 0 Å². The highest BCUT2D eigenvalue weighted by Crippen LogP contribution is 2.42. The van der Waals surface area contributed by atoms with Crippen LogP contribution in [0, 0.1) is 0 Å². The van der Waals surface area contributed by atoms with Gasteiger partial charge in [0.2, 0.25) is 0 Å². The molecule has 7 aromatic carbocycles. The van der Waals surface area contributed by atoms with Crippen LogP contribution in [0.25, 0.3) is 99.9 Å². The molecule has 0 saturated carbocycles. The molecule has 5 nitrogen and oxygen atoms in total. The number of nitrogens with zero attached hydrogens (tertiary/aromatic N) is 5. The zero-order chi connectivity index (χ0) is 35.6. The van der Waals surface area contributed by atoms with Gasteiger partial charge in [0, 0.05) is 32.8 Å². The summed E-state index contributed by atoms with van der Waals surface area (Å²) in [7, 11) is 0. The van der Waals surface area contributed by atoms with Crippen LogP contribution in [0.15, 0.2) is 188 Å². The molecule has 0 aliphatic carbocycles. The molecule has 4 heterocycles. The van der Waals surface area contributed by atoms with Crippen LogP contribution in [-0.4, -0.2) is 24.1 Å². The third-order valence-electron chi connectivity index (χ3n) is 10.5. The van der Waals surface area contributed by atoms with E-state index in [4.69, 9.17) is 15.0 Å². The van der Waals surface area contributed by atoms with Crippen molar-refractivity contribution in [3.05, 3.63) is 188 Å². The summed E-state index contributed by atoms with van der Waals surface area (Å²) in [6.07, 6.45) is 0. The molecular formula is C49H31N5. The van der Waals surface area contributed by atoms with E-state index in [1.807, 2.05) is 48.5 Å². The lowest BCUT2D eigenvalue weighted by molar-refractivity contribution is 1.08. The molecule has 0 bridgehead atoms. The van der Waals surface area contributed by atoms with Crippen LogP contribution >= 0.6 is 0 Å². The van der Waals surface area contributed by atoms with Gasteiger partial charge in [-0.3, -0.25) is 4.57 Å². The molecule has 0 fully saturated rings. The number of hydrogen-bond acceptors (Lipinski definition) is 3. The van der Waals surface area contributed by atoms with Crippen molar-refractivity contribution >= 4 is 54.6 Å². The Morgan fingerprint density at radius 3 is 1.50 bits per heavy atom. The molecule has 0 spiro atoms. The second-order valence-corrected chi connectivity index (χ2v) is 13.6. The smallest absolute Gasteiger partial charge is 0.138 e. The Morgan fingerprint density at radius 2 is 0.833 bits per heavy atom. The molecule has 0 unspecified atom stereocenters. The monoisotopic (exact) mass is 689 g/mol. The van der Waals surface area contributed by atoms with Gasteiger partial charge in [0.1, 0.15) is 11.5 Å². The third kappa shape index (κ3) is 4.69. The molecule has 0 aliphatic rings. The molecule has 11 aromatic rings. The fraction of sp³-hybridized carbons (Fsp3) is 0. The lowest BCUT2D eigenvalue weighted by Gasteiger charge is -2.12. The summed E-state index contributed by atoms with van der Waals surface area (Å²) in [4.78, 5) is 15.6. The van der Waals surface area contributed by atoms with E-state index >= 15 is 0 Å². The summed E-state index contributed by atoms with van der Waals surface area (Å²) < 4.78 is 4.69. The average molecular weight is 690 g/mol. The third-order valence-corrected chi connectivity index (χ3v) is 10.5. The molecule has 252 valence electrons. The second-order valence-electron chi connectivity index (χ2n) is 13.6. The number of rotatable bonds is 5. The standard InChI is InChI=1S/C49H31N5/c1-3-14-32(15-4-1)33-26-28-35(29-27-33)53-41-23-11-7-18-36(41)46-43(53)30-31-44-47(46)37-19-8-12-24-42(37)54(44)45-25-13-22-40(50-45)49-48(34-16-5-2-6-17-34)51-38-20-9-10-21-39(38)52-49/h1-31H. The van der Waals surface area contributed by atoms with Crippen molar-refractivity contribution in [1.82, 2.24) is 24.1 Å². The van der Waals surface area contributed by atoms with Crippen molar-refractivity contribution in [3.8, 4) is 45.3 Å². The van der Waals surface area contributed by atoms with Crippen molar-refractivity contribution in [3.63, 3.8) is 0 Å². The lowest BCUT2D eigenvalue weighted by Crippen LogP contribution is -2.01. The van der Waals surface area contributed by atoms with E-state index in [1.54, 1.807) is 0 Å². The van der Waals surface area contributed by atoms with Crippen LogP contribution in [0.4, 0.5) is 0 Å². The van der Waals surface area contributed by atoms with E-state index in [9.17, 15) is 0 Å². The zero-order valence-electron chi connectivity index (χ0n) is 29.1. The minimum absolute atomic E-state index is 0.756.